The highest BCUT2D eigenvalue weighted by Gasteiger charge is 2.31. The van der Waals surface area contributed by atoms with Gasteiger partial charge in [-0.3, -0.25) is 0 Å². The normalized spacial score (nSPS) is 22.2. The molecule has 0 bridgehead atoms. The van der Waals surface area contributed by atoms with Crippen LogP contribution in [0.3, 0.4) is 0 Å². The second-order valence-electron chi connectivity index (χ2n) is 5.07. The number of hydrogen-bond acceptors (Lipinski definition) is 4. The molecule has 112 valence electrons. The van der Waals surface area contributed by atoms with E-state index in [1.165, 1.54) is 18.2 Å². The van der Waals surface area contributed by atoms with Gasteiger partial charge in [0.25, 0.3) is 0 Å². The van der Waals surface area contributed by atoms with E-state index in [9.17, 15) is 12.8 Å². The predicted molar refractivity (Wildman–Crippen MR) is 81.4 cm³/mol. The van der Waals surface area contributed by atoms with Crippen molar-refractivity contribution in [1.29, 1.82) is 0 Å². The summed E-state index contributed by atoms with van der Waals surface area (Å²) in [6, 6.07) is 4.20. The Morgan fingerprint density at radius 3 is 2.90 bits per heavy atom. The van der Waals surface area contributed by atoms with E-state index in [0.717, 1.165) is 12.2 Å². The monoisotopic (exact) mass is 317 g/mol. The summed E-state index contributed by atoms with van der Waals surface area (Å²) in [4.78, 5) is 0.279. The van der Waals surface area contributed by atoms with Gasteiger partial charge in [-0.2, -0.15) is 11.8 Å². The van der Waals surface area contributed by atoms with Crippen molar-refractivity contribution in [3.05, 3.63) is 29.6 Å². The molecule has 0 radical (unpaired) electrons. The molecule has 2 unspecified atom stereocenters. The molecule has 1 aliphatic heterocycles. The standard InChI is InChI=1S/C14H20FNO2S2/c1-3-11(9-19-2)16-13-6-7-20(17,18)14-5-4-10(15)8-12(13)14/h4-5,8,11,13,16H,3,6-7,9H2,1-2H3. The Bertz CT molecular complexity index is 575. The van der Waals surface area contributed by atoms with E-state index >= 15 is 0 Å². The summed E-state index contributed by atoms with van der Waals surface area (Å²) in [5, 5.41) is 3.48. The van der Waals surface area contributed by atoms with Crippen molar-refractivity contribution in [3.63, 3.8) is 0 Å². The van der Waals surface area contributed by atoms with Gasteiger partial charge in [-0.25, -0.2) is 12.8 Å². The molecule has 1 aromatic carbocycles. The molecule has 1 aromatic rings. The number of benzene rings is 1. The highest BCUT2D eigenvalue weighted by molar-refractivity contribution is 7.98. The van der Waals surface area contributed by atoms with Gasteiger partial charge in [-0.15, -0.1) is 0 Å². The topological polar surface area (TPSA) is 46.2 Å². The van der Waals surface area contributed by atoms with Crippen LogP contribution in [0, 0.1) is 5.82 Å². The summed E-state index contributed by atoms with van der Waals surface area (Å²) in [6.45, 7) is 2.10. The average Bonchev–Trinajstić information content (AvgIpc) is 2.41. The van der Waals surface area contributed by atoms with E-state index in [0.29, 0.717) is 18.0 Å². The van der Waals surface area contributed by atoms with Crippen LogP contribution in [0.4, 0.5) is 4.39 Å². The van der Waals surface area contributed by atoms with Crippen molar-refractivity contribution in [3.8, 4) is 0 Å². The van der Waals surface area contributed by atoms with Crippen molar-refractivity contribution < 1.29 is 12.8 Å². The lowest BCUT2D eigenvalue weighted by atomic mass is 10.0. The van der Waals surface area contributed by atoms with Crippen LogP contribution < -0.4 is 5.32 Å². The first-order chi connectivity index (χ1) is 9.47. The first-order valence-corrected chi connectivity index (χ1v) is 9.79. The fraction of sp³-hybridized carbons (Fsp3) is 0.571. The zero-order valence-corrected chi connectivity index (χ0v) is 13.4. The summed E-state index contributed by atoms with van der Waals surface area (Å²) < 4.78 is 37.6. The van der Waals surface area contributed by atoms with Crippen LogP contribution in [0.5, 0.6) is 0 Å². The Balaban J connectivity index is 2.31. The summed E-state index contributed by atoms with van der Waals surface area (Å²) in [5.41, 5.74) is 0.579. The Kier molecular flexibility index (Phi) is 5.09. The molecule has 0 amide bonds. The maximum absolute atomic E-state index is 13.5. The summed E-state index contributed by atoms with van der Waals surface area (Å²) in [7, 11) is -3.26. The molecule has 2 atom stereocenters. The molecule has 2 rings (SSSR count). The zero-order chi connectivity index (χ0) is 14.8. The van der Waals surface area contributed by atoms with Crippen LogP contribution in [0.1, 0.15) is 31.4 Å². The molecule has 0 saturated heterocycles. The van der Waals surface area contributed by atoms with Crippen molar-refractivity contribution in [2.75, 3.05) is 17.8 Å². The van der Waals surface area contributed by atoms with Gasteiger partial charge in [0.15, 0.2) is 9.84 Å². The first-order valence-electron chi connectivity index (χ1n) is 6.75. The smallest absolute Gasteiger partial charge is 0.178 e. The number of rotatable bonds is 5. The van der Waals surface area contributed by atoms with Gasteiger partial charge in [0.2, 0.25) is 0 Å². The van der Waals surface area contributed by atoms with E-state index in [2.05, 4.69) is 12.2 Å². The fourth-order valence-electron chi connectivity index (χ4n) is 2.56. The van der Waals surface area contributed by atoms with E-state index in [4.69, 9.17) is 0 Å². The van der Waals surface area contributed by atoms with Crippen molar-refractivity contribution in [2.45, 2.75) is 36.7 Å². The molecule has 20 heavy (non-hydrogen) atoms. The molecule has 0 aromatic heterocycles. The van der Waals surface area contributed by atoms with Gasteiger partial charge in [-0.1, -0.05) is 6.92 Å². The lowest BCUT2D eigenvalue weighted by Crippen LogP contribution is -2.38. The Morgan fingerprint density at radius 1 is 1.50 bits per heavy atom. The largest absolute Gasteiger partial charge is 0.306 e. The minimum absolute atomic E-state index is 0.0821. The minimum Gasteiger partial charge on any atom is -0.306 e. The molecule has 0 aliphatic carbocycles. The predicted octanol–water partition coefficient (Wildman–Crippen LogP) is 2.78. The lowest BCUT2D eigenvalue weighted by Gasteiger charge is -2.30. The third kappa shape index (κ3) is 3.35. The molecule has 1 N–H and O–H groups in total. The van der Waals surface area contributed by atoms with Crippen LogP contribution in [-0.2, 0) is 9.84 Å². The number of thioether (sulfide) groups is 1. The van der Waals surface area contributed by atoms with Gasteiger partial charge in [-0.05, 0) is 42.9 Å². The molecule has 0 spiro atoms. The lowest BCUT2D eigenvalue weighted by molar-refractivity contribution is 0.427. The Morgan fingerprint density at radius 2 is 2.25 bits per heavy atom. The first kappa shape index (κ1) is 15.8. The number of hydrogen-bond donors (Lipinski definition) is 1. The quantitative estimate of drug-likeness (QED) is 0.848. The molecule has 1 heterocycles. The van der Waals surface area contributed by atoms with Gasteiger partial charge >= 0.3 is 0 Å². The van der Waals surface area contributed by atoms with Gasteiger partial charge in [0.1, 0.15) is 5.82 Å². The molecular weight excluding hydrogens is 297 g/mol. The fourth-order valence-corrected chi connectivity index (χ4v) is 4.89. The molecular formula is C14H20FNO2S2. The summed E-state index contributed by atoms with van der Waals surface area (Å²) >= 11 is 1.75. The maximum atomic E-state index is 13.5. The van der Waals surface area contributed by atoms with Crippen LogP contribution >= 0.6 is 11.8 Å². The van der Waals surface area contributed by atoms with Crippen LogP contribution in [0.2, 0.25) is 0 Å². The summed E-state index contributed by atoms with van der Waals surface area (Å²) in [5.74, 6) is 0.703. The van der Waals surface area contributed by atoms with Crippen LogP contribution in [0.25, 0.3) is 0 Å². The third-order valence-electron chi connectivity index (χ3n) is 3.66. The SMILES string of the molecule is CCC(CSC)NC1CCS(=O)(=O)c2ccc(F)cc21. The van der Waals surface area contributed by atoms with Gasteiger partial charge < -0.3 is 5.32 Å². The zero-order valence-electron chi connectivity index (χ0n) is 11.7. The van der Waals surface area contributed by atoms with Gasteiger partial charge in [0.05, 0.1) is 10.6 Å². The molecule has 6 heteroatoms. The number of sulfone groups is 1. The highest BCUT2D eigenvalue weighted by atomic mass is 32.2. The number of fused-ring (bicyclic) bond motifs is 1. The van der Waals surface area contributed by atoms with Crippen molar-refractivity contribution >= 4 is 21.6 Å². The maximum Gasteiger partial charge on any atom is 0.178 e. The number of nitrogens with one attached hydrogen (secondary N) is 1. The number of halogens is 1. The minimum atomic E-state index is -3.26. The summed E-state index contributed by atoms with van der Waals surface area (Å²) in [6.07, 6.45) is 3.52. The van der Waals surface area contributed by atoms with Crippen molar-refractivity contribution in [2.24, 2.45) is 0 Å². The third-order valence-corrected chi connectivity index (χ3v) is 6.21. The van der Waals surface area contributed by atoms with E-state index in [-0.39, 0.29) is 22.5 Å². The van der Waals surface area contributed by atoms with Crippen LogP contribution in [0.15, 0.2) is 23.1 Å². The molecule has 0 saturated carbocycles. The van der Waals surface area contributed by atoms with Gasteiger partial charge in [0, 0.05) is 17.8 Å². The van der Waals surface area contributed by atoms with E-state index < -0.39 is 9.84 Å². The van der Waals surface area contributed by atoms with Crippen LogP contribution in [-0.4, -0.2) is 32.2 Å². The Hall–Kier alpha value is -0.590. The highest BCUT2D eigenvalue weighted by Crippen LogP contribution is 2.33. The van der Waals surface area contributed by atoms with Crippen molar-refractivity contribution in [1.82, 2.24) is 5.32 Å². The Labute approximate surface area is 124 Å². The molecule has 1 aliphatic rings. The van der Waals surface area contributed by atoms with E-state index in [1.807, 2.05) is 6.26 Å². The molecule has 3 nitrogen and oxygen atoms in total. The second kappa shape index (κ2) is 6.45. The molecule has 0 fully saturated rings. The average molecular weight is 317 g/mol. The van der Waals surface area contributed by atoms with E-state index in [1.54, 1.807) is 11.8 Å². The second-order valence-corrected chi connectivity index (χ2v) is 8.06.